The van der Waals surface area contributed by atoms with Gasteiger partial charge in [0.15, 0.2) is 0 Å². The number of likely N-dealkylation sites (N-methyl/N-ethyl adjacent to an activating group) is 1. The summed E-state index contributed by atoms with van der Waals surface area (Å²) in [6.07, 6.45) is 5.51. The third kappa shape index (κ3) is 3.34. The van der Waals surface area contributed by atoms with E-state index in [2.05, 4.69) is 48.7 Å². The van der Waals surface area contributed by atoms with Crippen molar-refractivity contribution in [2.75, 3.05) is 20.6 Å². The van der Waals surface area contributed by atoms with Crippen molar-refractivity contribution in [1.82, 2.24) is 10.2 Å². The van der Waals surface area contributed by atoms with Gasteiger partial charge >= 0.3 is 0 Å². The minimum Gasteiger partial charge on any atom is -0.312 e. The third-order valence-electron chi connectivity index (χ3n) is 4.25. The van der Waals surface area contributed by atoms with Gasteiger partial charge in [-0.3, -0.25) is 0 Å². The molecule has 1 aromatic heterocycles. The Hall–Kier alpha value is -0.380. The summed E-state index contributed by atoms with van der Waals surface area (Å²) in [6, 6.07) is 5.67. The number of hydrogen-bond acceptors (Lipinski definition) is 3. The van der Waals surface area contributed by atoms with Gasteiger partial charge in [-0.2, -0.15) is 0 Å². The fourth-order valence-electron chi connectivity index (χ4n) is 3.08. The Labute approximate surface area is 115 Å². The zero-order valence-electron chi connectivity index (χ0n) is 11.9. The Kier molecular flexibility index (Phi) is 5.22. The van der Waals surface area contributed by atoms with Gasteiger partial charge in [0.05, 0.1) is 6.04 Å². The second-order valence-corrected chi connectivity index (χ2v) is 6.59. The quantitative estimate of drug-likeness (QED) is 0.847. The molecule has 1 aliphatic carbocycles. The van der Waals surface area contributed by atoms with Crippen molar-refractivity contribution in [2.45, 2.75) is 44.7 Å². The Morgan fingerprint density at radius 3 is 2.89 bits per heavy atom. The van der Waals surface area contributed by atoms with Gasteiger partial charge in [-0.05, 0) is 44.3 Å². The summed E-state index contributed by atoms with van der Waals surface area (Å²) in [5, 5.41) is 5.99. The van der Waals surface area contributed by atoms with E-state index < -0.39 is 0 Å². The van der Waals surface area contributed by atoms with E-state index in [0.717, 1.165) is 18.5 Å². The van der Waals surface area contributed by atoms with E-state index in [9.17, 15) is 0 Å². The van der Waals surface area contributed by atoms with Gasteiger partial charge < -0.3 is 10.2 Å². The van der Waals surface area contributed by atoms with Crippen LogP contribution >= 0.6 is 11.3 Å². The lowest BCUT2D eigenvalue weighted by molar-refractivity contribution is 0.270. The molecule has 1 aromatic rings. The zero-order chi connectivity index (χ0) is 13.0. The normalized spacial score (nSPS) is 25.8. The first-order valence-electron chi connectivity index (χ1n) is 7.15. The first kappa shape index (κ1) is 14.0. The van der Waals surface area contributed by atoms with E-state index in [1.54, 1.807) is 0 Å². The van der Waals surface area contributed by atoms with Crippen LogP contribution in [0.15, 0.2) is 17.5 Å². The van der Waals surface area contributed by atoms with Gasteiger partial charge in [-0.1, -0.05) is 25.8 Å². The maximum Gasteiger partial charge on any atom is 0.0561 e. The molecule has 0 bridgehead atoms. The van der Waals surface area contributed by atoms with E-state index in [4.69, 9.17) is 0 Å². The first-order valence-corrected chi connectivity index (χ1v) is 8.03. The summed E-state index contributed by atoms with van der Waals surface area (Å²) in [7, 11) is 4.36. The van der Waals surface area contributed by atoms with Crippen LogP contribution in [-0.4, -0.2) is 31.6 Å². The highest BCUT2D eigenvalue weighted by atomic mass is 32.1. The highest BCUT2D eigenvalue weighted by Crippen LogP contribution is 2.29. The summed E-state index contributed by atoms with van der Waals surface area (Å²) in [6.45, 7) is 3.40. The Bertz CT molecular complexity index is 334. The Morgan fingerprint density at radius 2 is 2.28 bits per heavy atom. The molecule has 1 aliphatic rings. The van der Waals surface area contributed by atoms with Gasteiger partial charge in [-0.25, -0.2) is 0 Å². The van der Waals surface area contributed by atoms with Crippen LogP contribution in [0.3, 0.4) is 0 Å². The van der Waals surface area contributed by atoms with Crippen LogP contribution in [0.2, 0.25) is 0 Å². The van der Waals surface area contributed by atoms with Crippen LogP contribution in [0, 0.1) is 5.92 Å². The molecule has 102 valence electrons. The van der Waals surface area contributed by atoms with E-state index >= 15 is 0 Å². The fourth-order valence-corrected chi connectivity index (χ4v) is 4.00. The summed E-state index contributed by atoms with van der Waals surface area (Å²) < 4.78 is 0. The highest BCUT2D eigenvalue weighted by Gasteiger charge is 2.26. The average molecular weight is 266 g/mol. The van der Waals surface area contributed by atoms with Crippen molar-refractivity contribution in [1.29, 1.82) is 0 Å². The largest absolute Gasteiger partial charge is 0.312 e. The molecule has 1 fully saturated rings. The van der Waals surface area contributed by atoms with Gasteiger partial charge in [0, 0.05) is 17.5 Å². The second-order valence-electron chi connectivity index (χ2n) is 5.61. The molecule has 18 heavy (non-hydrogen) atoms. The summed E-state index contributed by atoms with van der Waals surface area (Å²) in [4.78, 5) is 3.80. The number of rotatable bonds is 6. The number of nitrogens with zero attached hydrogens (tertiary/aromatic N) is 1. The summed E-state index contributed by atoms with van der Waals surface area (Å²) in [5.41, 5.74) is 0. The maximum absolute atomic E-state index is 3.82. The lowest BCUT2D eigenvalue weighted by atomic mass is 10.0. The molecule has 0 radical (unpaired) electrons. The Balaban J connectivity index is 1.90. The van der Waals surface area contributed by atoms with Crippen LogP contribution in [-0.2, 0) is 0 Å². The van der Waals surface area contributed by atoms with E-state index in [1.807, 2.05) is 11.3 Å². The van der Waals surface area contributed by atoms with Crippen molar-refractivity contribution in [3.8, 4) is 0 Å². The van der Waals surface area contributed by atoms with Gasteiger partial charge in [-0.15, -0.1) is 11.3 Å². The van der Waals surface area contributed by atoms with Crippen LogP contribution in [0.4, 0.5) is 0 Å². The molecule has 3 atom stereocenters. The van der Waals surface area contributed by atoms with Crippen LogP contribution in [0.1, 0.15) is 43.5 Å². The molecule has 1 heterocycles. The van der Waals surface area contributed by atoms with Crippen molar-refractivity contribution in [3.05, 3.63) is 22.4 Å². The first-order chi connectivity index (χ1) is 8.72. The molecule has 0 aromatic carbocycles. The minimum atomic E-state index is 0.517. The van der Waals surface area contributed by atoms with E-state index in [0.29, 0.717) is 6.04 Å². The van der Waals surface area contributed by atoms with Crippen LogP contribution < -0.4 is 5.32 Å². The standard InChI is InChI=1S/C15H26N2S/c1-4-12-7-5-8-13(12)16-11-14(17(2)3)15-9-6-10-18-15/h6,9-10,12-14,16H,4-5,7-8,11H2,1-3H3. The van der Waals surface area contributed by atoms with Gasteiger partial charge in [0.25, 0.3) is 0 Å². The van der Waals surface area contributed by atoms with E-state index in [1.165, 1.54) is 30.6 Å². The van der Waals surface area contributed by atoms with Gasteiger partial charge in [0.2, 0.25) is 0 Å². The lowest BCUT2D eigenvalue weighted by Gasteiger charge is -2.27. The van der Waals surface area contributed by atoms with Crippen molar-refractivity contribution in [2.24, 2.45) is 5.92 Å². The molecule has 0 aliphatic heterocycles. The van der Waals surface area contributed by atoms with Crippen molar-refractivity contribution < 1.29 is 0 Å². The number of thiophene rings is 1. The van der Waals surface area contributed by atoms with Gasteiger partial charge in [0.1, 0.15) is 0 Å². The zero-order valence-corrected chi connectivity index (χ0v) is 12.7. The molecule has 2 nitrogen and oxygen atoms in total. The monoisotopic (exact) mass is 266 g/mol. The molecule has 3 heteroatoms. The minimum absolute atomic E-state index is 0.517. The maximum atomic E-state index is 3.82. The fraction of sp³-hybridized carbons (Fsp3) is 0.733. The number of hydrogen-bond donors (Lipinski definition) is 1. The molecule has 0 spiro atoms. The Morgan fingerprint density at radius 1 is 1.44 bits per heavy atom. The summed E-state index contributed by atoms with van der Waals surface area (Å²) >= 11 is 1.87. The molecule has 2 rings (SSSR count). The molecule has 1 saturated carbocycles. The molecule has 1 N–H and O–H groups in total. The molecular weight excluding hydrogens is 240 g/mol. The topological polar surface area (TPSA) is 15.3 Å². The molecule has 0 saturated heterocycles. The highest BCUT2D eigenvalue weighted by molar-refractivity contribution is 7.10. The van der Waals surface area contributed by atoms with E-state index in [-0.39, 0.29) is 0 Å². The van der Waals surface area contributed by atoms with Crippen molar-refractivity contribution in [3.63, 3.8) is 0 Å². The van der Waals surface area contributed by atoms with Crippen LogP contribution in [0.25, 0.3) is 0 Å². The predicted molar refractivity (Wildman–Crippen MR) is 80.2 cm³/mol. The molecular formula is C15H26N2S. The summed E-state index contributed by atoms with van der Waals surface area (Å²) in [5.74, 6) is 0.899. The third-order valence-corrected chi connectivity index (χ3v) is 5.23. The average Bonchev–Trinajstić information content (AvgIpc) is 2.99. The lowest BCUT2D eigenvalue weighted by Crippen LogP contribution is -2.38. The molecule has 0 amide bonds. The smallest absolute Gasteiger partial charge is 0.0561 e. The van der Waals surface area contributed by atoms with Crippen LogP contribution in [0.5, 0.6) is 0 Å². The number of nitrogens with one attached hydrogen (secondary N) is 1. The second kappa shape index (κ2) is 6.69. The molecule has 3 unspecified atom stereocenters. The predicted octanol–water partition coefficient (Wildman–Crippen LogP) is 3.52. The SMILES string of the molecule is CCC1CCCC1NCC(c1cccs1)N(C)C. The van der Waals surface area contributed by atoms with Crippen molar-refractivity contribution >= 4 is 11.3 Å².